The molecule has 1 aromatic rings. The van der Waals surface area contributed by atoms with Crippen molar-refractivity contribution in [1.82, 2.24) is 5.32 Å². The van der Waals surface area contributed by atoms with Crippen molar-refractivity contribution in [3.05, 3.63) is 22.4 Å². The number of rotatable bonds is 4. The highest BCUT2D eigenvalue weighted by Crippen LogP contribution is 2.24. The fourth-order valence-electron chi connectivity index (χ4n) is 2.25. The van der Waals surface area contributed by atoms with Gasteiger partial charge in [-0.25, -0.2) is 0 Å². The molecule has 78 valence electrons. The van der Waals surface area contributed by atoms with Gasteiger partial charge in [-0.3, -0.25) is 0 Å². The third kappa shape index (κ3) is 2.82. The molecule has 1 aliphatic carbocycles. The van der Waals surface area contributed by atoms with Crippen molar-refractivity contribution in [2.24, 2.45) is 5.92 Å². The molecule has 0 aliphatic heterocycles. The van der Waals surface area contributed by atoms with Crippen molar-refractivity contribution in [2.45, 2.75) is 38.6 Å². The van der Waals surface area contributed by atoms with Crippen LogP contribution in [0.4, 0.5) is 0 Å². The standard InChI is InChI=1S/C12H19NS/c1-10-4-5-11(9-10)13-7-6-12-3-2-8-14-12/h2-3,8,10-11,13H,4-7,9H2,1H3/t10-,11-/m0/s1. The first kappa shape index (κ1) is 10.2. The molecule has 0 bridgehead atoms. The zero-order valence-electron chi connectivity index (χ0n) is 8.83. The van der Waals surface area contributed by atoms with Gasteiger partial charge in [0.25, 0.3) is 0 Å². The lowest BCUT2D eigenvalue weighted by molar-refractivity contribution is 0.506. The molecule has 2 atom stereocenters. The van der Waals surface area contributed by atoms with Crippen LogP contribution in [0.3, 0.4) is 0 Å². The van der Waals surface area contributed by atoms with Crippen LogP contribution in [0.5, 0.6) is 0 Å². The van der Waals surface area contributed by atoms with Crippen LogP contribution in [-0.2, 0) is 6.42 Å². The van der Waals surface area contributed by atoms with Crippen molar-refractivity contribution in [3.8, 4) is 0 Å². The Kier molecular flexibility index (Phi) is 3.60. The second-order valence-electron chi connectivity index (χ2n) is 4.40. The Balaban J connectivity index is 1.64. The summed E-state index contributed by atoms with van der Waals surface area (Å²) in [5.41, 5.74) is 0. The van der Waals surface area contributed by atoms with Crippen LogP contribution in [0, 0.1) is 5.92 Å². The molecule has 0 saturated heterocycles. The monoisotopic (exact) mass is 209 g/mol. The van der Waals surface area contributed by atoms with Crippen LogP contribution >= 0.6 is 11.3 Å². The Labute approximate surface area is 90.5 Å². The summed E-state index contributed by atoms with van der Waals surface area (Å²) in [5.74, 6) is 0.939. The van der Waals surface area contributed by atoms with Crippen LogP contribution in [0.25, 0.3) is 0 Å². The fraction of sp³-hybridized carbons (Fsp3) is 0.667. The van der Waals surface area contributed by atoms with Gasteiger partial charge in [0.15, 0.2) is 0 Å². The summed E-state index contributed by atoms with van der Waals surface area (Å²) in [4.78, 5) is 1.50. The lowest BCUT2D eigenvalue weighted by atomic mass is 10.1. The maximum atomic E-state index is 3.66. The summed E-state index contributed by atoms with van der Waals surface area (Å²) < 4.78 is 0. The second kappa shape index (κ2) is 4.94. The smallest absolute Gasteiger partial charge is 0.00698 e. The van der Waals surface area contributed by atoms with Gasteiger partial charge in [0, 0.05) is 17.5 Å². The summed E-state index contributed by atoms with van der Waals surface area (Å²) in [6, 6.07) is 5.16. The molecule has 1 aromatic heterocycles. The van der Waals surface area contributed by atoms with Crippen LogP contribution < -0.4 is 5.32 Å². The zero-order valence-corrected chi connectivity index (χ0v) is 9.65. The fourth-order valence-corrected chi connectivity index (χ4v) is 2.96. The van der Waals surface area contributed by atoms with E-state index in [-0.39, 0.29) is 0 Å². The van der Waals surface area contributed by atoms with E-state index in [1.807, 2.05) is 11.3 Å². The van der Waals surface area contributed by atoms with Crippen molar-refractivity contribution >= 4 is 11.3 Å². The minimum atomic E-state index is 0.796. The molecule has 0 radical (unpaired) electrons. The van der Waals surface area contributed by atoms with Crippen molar-refractivity contribution in [3.63, 3.8) is 0 Å². The Hall–Kier alpha value is -0.340. The molecule has 1 fully saturated rings. The van der Waals surface area contributed by atoms with Gasteiger partial charge < -0.3 is 5.32 Å². The minimum absolute atomic E-state index is 0.796. The number of hydrogen-bond acceptors (Lipinski definition) is 2. The first-order valence-electron chi connectivity index (χ1n) is 5.60. The number of nitrogens with one attached hydrogen (secondary N) is 1. The zero-order chi connectivity index (χ0) is 9.80. The summed E-state index contributed by atoms with van der Waals surface area (Å²) >= 11 is 1.87. The van der Waals surface area contributed by atoms with Gasteiger partial charge in [-0.1, -0.05) is 13.0 Å². The summed E-state index contributed by atoms with van der Waals surface area (Å²) in [5, 5.41) is 5.82. The predicted octanol–water partition coefficient (Wildman–Crippen LogP) is 3.07. The summed E-state index contributed by atoms with van der Waals surface area (Å²) in [6.07, 6.45) is 5.37. The van der Waals surface area contributed by atoms with E-state index in [0.717, 1.165) is 18.5 Å². The van der Waals surface area contributed by atoms with Gasteiger partial charge in [0.1, 0.15) is 0 Å². The molecule has 2 rings (SSSR count). The highest BCUT2D eigenvalue weighted by atomic mass is 32.1. The molecule has 0 unspecified atom stereocenters. The lowest BCUT2D eigenvalue weighted by Crippen LogP contribution is -2.28. The van der Waals surface area contributed by atoms with Crippen molar-refractivity contribution in [1.29, 1.82) is 0 Å². The Morgan fingerprint density at radius 1 is 1.50 bits per heavy atom. The molecule has 1 nitrogen and oxygen atoms in total. The van der Waals surface area contributed by atoms with Crippen molar-refractivity contribution < 1.29 is 0 Å². The molecule has 14 heavy (non-hydrogen) atoms. The average molecular weight is 209 g/mol. The molecule has 2 heteroatoms. The highest BCUT2D eigenvalue weighted by molar-refractivity contribution is 7.09. The quantitative estimate of drug-likeness (QED) is 0.803. The minimum Gasteiger partial charge on any atom is -0.314 e. The van der Waals surface area contributed by atoms with E-state index in [0.29, 0.717) is 0 Å². The average Bonchev–Trinajstić information content (AvgIpc) is 2.77. The third-order valence-electron chi connectivity index (χ3n) is 3.08. The molecule has 1 aliphatic rings. The lowest BCUT2D eigenvalue weighted by Gasteiger charge is -2.11. The molecular formula is C12H19NS. The first-order chi connectivity index (χ1) is 6.84. The first-order valence-corrected chi connectivity index (χ1v) is 6.48. The van der Waals surface area contributed by atoms with E-state index in [2.05, 4.69) is 29.8 Å². The van der Waals surface area contributed by atoms with E-state index in [1.54, 1.807) is 0 Å². The van der Waals surface area contributed by atoms with E-state index in [4.69, 9.17) is 0 Å². The van der Waals surface area contributed by atoms with Gasteiger partial charge in [-0.15, -0.1) is 11.3 Å². The highest BCUT2D eigenvalue weighted by Gasteiger charge is 2.19. The summed E-state index contributed by atoms with van der Waals surface area (Å²) in [7, 11) is 0. The molecule has 1 N–H and O–H groups in total. The molecule has 1 saturated carbocycles. The Morgan fingerprint density at radius 2 is 2.43 bits per heavy atom. The van der Waals surface area contributed by atoms with Crippen LogP contribution in [-0.4, -0.2) is 12.6 Å². The summed E-state index contributed by atoms with van der Waals surface area (Å²) in [6.45, 7) is 3.51. The van der Waals surface area contributed by atoms with Crippen LogP contribution in [0.15, 0.2) is 17.5 Å². The Morgan fingerprint density at radius 3 is 3.07 bits per heavy atom. The predicted molar refractivity (Wildman–Crippen MR) is 62.8 cm³/mol. The van der Waals surface area contributed by atoms with Gasteiger partial charge in [-0.2, -0.15) is 0 Å². The molecule has 0 spiro atoms. The molecular weight excluding hydrogens is 190 g/mol. The van der Waals surface area contributed by atoms with Gasteiger partial charge in [0.05, 0.1) is 0 Å². The largest absolute Gasteiger partial charge is 0.314 e. The van der Waals surface area contributed by atoms with Crippen LogP contribution in [0.1, 0.15) is 31.1 Å². The maximum Gasteiger partial charge on any atom is 0.00698 e. The van der Waals surface area contributed by atoms with Gasteiger partial charge in [0.2, 0.25) is 0 Å². The number of thiophene rings is 1. The van der Waals surface area contributed by atoms with E-state index >= 15 is 0 Å². The van der Waals surface area contributed by atoms with Crippen LogP contribution in [0.2, 0.25) is 0 Å². The second-order valence-corrected chi connectivity index (χ2v) is 5.43. The molecule has 0 amide bonds. The SMILES string of the molecule is C[C@H]1CC[C@H](NCCc2cccs2)C1. The van der Waals surface area contributed by atoms with E-state index in [9.17, 15) is 0 Å². The Bertz CT molecular complexity index is 255. The van der Waals surface area contributed by atoms with Gasteiger partial charge in [-0.05, 0) is 43.0 Å². The maximum absolute atomic E-state index is 3.66. The van der Waals surface area contributed by atoms with E-state index in [1.165, 1.54) is 30.6 Å². The van der Waals surface area contributed by atoms with Gasteiger partial charge >= 0.3 is 0 Å². The number of hydrogen-bond donors (Lipinski definition) is 1. The third-order valence-corrected chi connectivity index (χ3v) is 4.02. The van der Waals surface area contributed by atoms with E-state index < -0.39 is 0 Å². The molecule has 1 heterocycles. The van der Waals surface area contributed by atoms with Crippen molar-refractivity contribution in [2.75, 3.05) is 6.54 Å². The topological polar surface area (TPSA) is 12.0 Å². The normalized spacial score (nSPS) is 26.9. The molecule has 0 aromatic carbocycles.